The number of hydrogen-bond donors (Lipinski definition) is 1. The smallest absolute Gasteiger partial charge is 0.243 e. The minimum absolute atomic E-state index is 0.00676. The first-order valence-electron chi connectivity index (χ1n) is 6.72. The molecule has 0 spiro atoms. The lowest BCUT2D eigenvalue weighted by molar-refractivity contribution is -0.119. The van der Waals surface area contributed by atoms with Crippen LogP contribution >= 0.6 is 0 Å². The van der Waals surface area contributed by atoms with Crippen LogP contribution in [0.4, 0.5) is 5.69 Å². The van der Waals surface area contributed by atoms with E-state index >= 15 is 0 Å². The van der Waals surface area contributed by atoms with Gasteiger partial charge in [-0.1, -0.05) is 38.8 Å². The third-order valence-electron chi connectivity index (χ3n) is 3.25. The summed E-state index contributed by atoms with van der Waals surface area (Å²) in [6.45, 7) is 4.22. The van der Waals surface area contributed by atoms with Crippen LogP contribution in [0.1, 0.15) is 38.7 Å². The summed E-state index contributed by atoms with van der Waals surface area (Å²) in [5.41, 5.74) is 8.09. The average molecular weight is 248 g/mol. The summed E-state index contributed by atoms with van der Waals surface area (Å²) in [6.07, 6.45) is 3.83. The van der Waals surface area contributed by atoms with Gasteiger partial charge in [0.05, 0.1) is 6.04 Å². The molecule has 100 valence electrons. The number of nitrogens with two attached hydrogens (primary N) is 1. The molecule has 2 N–H and O–H groups in total. The summed E-state index contributed by atoms with van der Waals surface area (Å²) in [5, 5.41) is 0. The molecule has 0 bridgehead atoms. The Labute approximate surface area is 110 Å². The molecule has 3 nitrogen and oxygen atoms in total. The van der Waals surface area contributed by atoms with Gasteiger partial charge in [0, 0.05) is 12.7 Å². The SMILES string of the molecule is CCCC[C@H](N)C(=O)N(C)c1ccc(CC)cc1. The number of anilines is 1. The number of rotatable bonds is 6. The van der Waals surface area contributed by atoms with E-state index in [4.69, 9.17) is 5.73 Å². The standard InChI is InChI=1S/C15H24N2O/c1-4-6-7-14(16)15(18)17(3)13-10-8-12(5-2)9-11-13/h8-11,14H,4-7,16H2,1-3H3/t14-/m0/s1. The lowest BCUT2D eigenvalue weighted by Crippen LogP contribution is -2.41. The molecule has 1 atom stereocenters. The molecule has 0 unspecified atom stereocenters. The van der Waals surface area contributed by atoms with Gasteiger partial charge >= 0.3 is 0 Å². The van der Waals surface area contributed by atoms with E-state index in [1.807, 2.05) is 12.1 Å². The second-order valence-electron chi connectivity index (χ2n) is 4.67. The van der Waals surface area contributed by atoms with Crippen molar-refractivity contribution >= 4 is 11.6 Å². The molecule has 1 aromatic rings. The van der Waals surface area contributed by atoms with Gasteiger partial charge in [0.25, 0.3) is 0 Å². The summed E-state index contributed by atoms with van der Waals surface area (Å²) in [5.74, 6) is -0.00676. The summed E-state index contributed by atoms with van der Waals surface area (Å²) in [4.78, 5) is 13.8. The lowest BCUT2D eigenvalue weighted by Gasteiger charge is -2.21. The highest BCUT2D eigenvalue weighted by atomic mass is 16.2. The second-order valence-corrected chi connectivity index (χ2v) is 4.67. The molecule has 0 saturated carbocycles. The van der Waals surface area contributed by atoms with Crippen LogP contribution in [0.25, 0.3) is 0 Å². The van der Waals surface area contributed by atoms with Gasteiger partial charge in [0.15, 0.2) is 0 Å². The Kier molecular flexibility index (Phi) is 5.86. The number of aryl methyl sites for hydroxylation is 1. The second kappa shape index (κ2) is 7.17. The fraction of sp³-hybridized carbons (Fsp3) is 0.533. The molecule has 18 heavy (non-hydrogen) atoms. The van der Waals surface area contributed by atoms with Crippen molar-refractivity contribution in [3.8, 4) is 0 Å². The van der Waals surface area contributed by atoms with E-state index in [1.165, 1.54) is 5.56 Å². The molecule has 0 aromatic heterocycles. The Morgan fingerprint density at radius 1 is 1.28 bits per heavy atom. The third kappa shape index (κ3) is 3.84. The number of carbonyl (C=O) groups excluding carboxylic acids is 1. The average Bonchev–Trinajstić information content (AvgIpc) is 2.43. The van der Waals surface area contributed by atoms with E-state index in [1.54, 1.807) is 11.9 Å². The summed E-state index contributed by atoms with van der Waals surface area (Å²) >= 11 is 0. The zero-order valence-electron chi connectivity index (χ0n) is 11.6. The van der Waals surface area contributed by atoms with Gasteiger partial charge in [-0.25, -0.2) is 0 Å². The minimum Gasteiger partial charge on any atom is -0.320 e. The summed E-state index contributed by atoms with van der Waals surface area (Å²) in [7, 11) is 1.79. The van der Waals surface area contributed by atoms with Crippen molar-refractivity contribution in [3.05, 3.63) is 29.8 Å². The Balaban J connectivity index is 2.67. The van der Waals surface area contributed by atoms with Crippen molar-refractivity contribution < 1.29 is 4.79 Å². The lowest BCUT2D eigenvalue weighted by atomic mass is 10.1. The molecule has 1 rings (SSSR count). The number of likely N-dealkylation sites (N-methyl/N-ethyl adjacent to an activating group) is 1. The van der Waals surface area contributed by atoms with E-state index in [9.17, 15) is 4.79 Å². The Bertz CT molecular complexity index is 373. The molecule has 1 amide bonds. The fourth-order valence-corrected chi connectivity index (χ4v) is 1.88. The van der Waals surface area contributed by atoms with E-state index < -0.39 is 0 Å². The van der Waals surface area contributed by atoms with Crippen molar-refractivity contribution in [1.82, 2.24) is 0 Å². The topological polar surface area (TPSA) is 46.3 Å². The predicted molar refractivity (Wildman–Crippen MR) is 76.7 cm³/mol. The number of unbranched alkanes of at least 4 members (excludes halogenated alkanes) is 1. The van der Waals surface area contributed by atoms with Crippen molar-refractivity contribution in [2.45, 2.75) is 45.6 Å². The van der Waals surface area contributed by atoms with Crippen LogP contribution < -0.4 is 10.6 Å². The van der Waals surface area contributed by atoms with Gasteiger partial charge in [-0.05, 0) is 30.5 Å². The van der Waals surface area contributed by atoms with Crippen LogP contribution in [-0.4, -0.2) is 19.0 Å². The maximum Gasteiger partial charge on any atom is 0.243 e. The largest absolute Gasteiger partial charge is 0.320 e. The van der Waals surface area contributed by atoms with Gasteiger partial charge in [-0.3, -0.25) is 4.79 Å². The van der Waals surface area contributed by atoms with E-state index in [2.05, 4.69) is 26.0 Å². The highest BCUT2D eigenvalue weighted by molar-refractivity contribution is 5.96. The van der Waals surface area contributed by atoms with Crippen LogP contribution in [-0.2, 0) is 11.2 Å². The van der Waals surface area contributed by atoms with Crippen molar-refractivity contribution in [1.29, 1.82) is 0 Å². The predicted octanol–water partition coefficient (Wildman–Crippen LogP) is 2.73. The quantitative estimate of drug-likeness (QED) is 0.841. The molecular weight excluding hydrogens is 224 g/mol. The van der Waals surface area contributed by atoms with Gasteiger partial charge in [-0.2, -0.15) is 0 Å². The maximum atomic E-state index is 12.1. The van der Waals surface area contributed by atoms with Gasteiger partial charge < -0.3 is 10.6 Å². The first-order chi connectivity index (χ1) is 8.60. The normalized spacial score (nSPS) is 12.2. The fourth-order valence-electron chi connectivity index (χ4n) is 1.88. The summed E-state index contributed by atoms with van der Waals surface area (Å²) < 4.78 is 0. The first-order valence-corrected chi connectivity index (χ1v) is 6.72. The van der Waals surface area contributed by atoms with Gasteiger partial charge in [0.2, 0.25) is 5.91 Å². The first kappa shape index (κ1) is 14.7. The van der Waals surface area contributed by atoms with Crippen LogP contribution in [0.15, 0.2) is 24.3 Å². The van der Waals surface area contributed by atoms with Crippen LogP contribution in [0.5, 0.6) is 0 Å². The number of hydrogen-bond acceptors (Lipinski definition) is 2. The molecule has 0 heterocycles. The molecule has 3 heteroatoms. The van der Waals surface area contributed by atoms with E-state index in [-0.39, 0.29) is 11.9 Å². The molecule has 0 aliphatic rings. The van der Waals surface area contributed by atoms with Gasteiger partial charge in [-0.15, -0.1) is 0 Å². The number of benzene rings is 1. The molecule has 0 fully saturated rings. The molecule has 1 aromatic carbocycles. The van der Waals surface area contributed by atoms with Crippen molar-refractivity contribution in [2.24, 2.45) is 5.73 Å². The molecular formula is C15H24N2O. The highest BCUT2D eigenvalue weighted by Gasteiger charge is 2.18. The number of amides is 1. The third-order valence-corrected chi connectivity index (χ3v) is 3.25. The van der Waals surface area contributed by atoms with Gasteiger partial charge in [0.1, 0.15) is 0 Å². The van der Waals surface area contributed by atoms with Crippen LogP contribution in [0.3, 0.4) is 0 Å². The van der Waals surface area contributed by atoms with E-state index in [0.717, 1.165) is 31.4 Å². The maximum absolute atomic E-state index is 12.1. The number of nitrogens with zero attached hydrogens (tertiary/aromatic N) is 1. The molecule has 0 radical (unpaired) electrons. The van der Waals surface area contributed by atoms with Crippen LogP contribution in [0.2, 0.25) is 0 Å². The summed E-state index contributed by atoms with van der Waals surface area (Å²) in [6, 6.07) is 7.67. The zero-order valence-corrected chi connectivity index (χ0v) is 11.6. The Hall–Kier alpha value is -1.35. The molecule has 0 saturated heterocycles. The Morgan fingerprint density at radius 2 is 1.89 bits per heavy atom. The number of carbonyl (C=O) groups is 1. The van der Waals surface area contributed by atoms with Crippen molar-refractivity contribution in [2.75, 3.05) is 11.9 Å². The molecule has 0 aliphatic carbocycles. The zero-order chi connectivity index (χ0) is 13.5. The Morgan fingerprint density at radius 3 is 2.39 bits per heavy atom. The molecule has 0 aliphatic heterocycles. The van der Waals surface area contributed by atoms with E-state index in [0.29, 0.717) is 0 Å². The minimum atomic E-state index is -0.388. The monoisotopic (exact) mass is 248 g/mol. The van der Waals surface area contributed by atoms with Crippen LogP contribution in [0, 0.1) is 0 Å². The highest BCUT2D eigenvalue weighted by Crippen LogP contribution is 2.15. The van der Waals surface area contributed by atoms with Crippen molar-refractivity contribution in [3.63, 3.8) is 0 Å².